The molecular weight excluding hydrogens is 180 g/mol. The van der Waals surface area contributed by atoms with Crippen LogP contribution in [0.5, 0.6) is 0 Å². The third kappa shape index (κ3) is 1.82. The van der Waals surface area contributed by atoms with Crippen molar-refractivity contribution in [2.45, 2.75) is 0 Å². The predicted octanol–water partition coefficient (Wildman–Crippen LogP) is 1.04. The van der Waals surface area contributed by atoms with Gasteiger partial charge in [0.1, 0.15) is 6.67 Å². The van der Waals surface area contributed by atoms with E-state index in [1.807, 2.05) is 30.3 Å². The van der Waals surface area contributed by atoms with Crippen LogP contribution in [0.2, 0.25) is 0 Å². The number of nitrogens with zero attached hydrogens (tertiary/aromatic N) is 4. The molecule has 1 N–H and O–H groups in total. The van der Waals surface area contributed by atoms with Gasteiger partial charge in [-0.1, -0.05) is 23.4 Å². The van der Waals surface area contributed by atoms with Crippen LogP contribution in [0.1, 0.15) is 0 Å². The molecule has 5 heteroatoms. The first kappa shape index (κ1) is 8.96. The van der Waals surface area contributed by atoms with Gasteiger partial charge in [-0.05, 0) is 17.4 Å². The van der Waals surface area contributed by atoms with Crippen molar-refractivity contribution in [3.63, 3.8) is 0 Å². The molecule has 0 amide bonds. The molecule has 0 spiro atoms. The first-order valence-corrected chi connectivity index (χ1v) is 4.50. The monoisotopic (exact) mass is 192 g/mol. The Kier molecular flexibility index (Phi) is 2.60. The molecular formula is C9H12N4O. The number of β-amino-alcohol motifs (C(OH)–C–C–N with tert-alkyl or cyclic N) is 1. The minimum atomic E-state index is 0.0989. The van der Waals surface area contributed by atoms with Crippen LogP contribution < -0.4 is 5.01 Å². The van der Waals surface area contributed by atoms with E-state index in [4.69, 9.17) is 5.11 Å². The van der Waals surface area contributed by atoms with Crippen molar-refractivity contribution < 1.29 is 5.11 Å². The number of benzene rings is 1. The second kappa shape index (κ2) is 4.06. The van der Waals surface area contributed by atoms with Gasteiger partial charge < -0.3 is 5.11 Å². The maximum atomic E-state index is 8.72. The van der Waals surface area contributed by atoms with Crippen molar-refractivity contribution >= 4 is 5.69 Å². The van der Waals surface area contributed by atoms with Crippen molar-refractivity contribution in [1.29, 1.82) is 0 Å². The zero-order chi connectivity index (χ0) is 9.80. The average molecular weight is 192 g/mol. The van der Waals surface area contributed by atoms with Crippen molar-refractivity contribution in [2.75, 3.05) is 24.8 Å². The number of aliphatic hydroxyl groups excluding tert-OH is 1. The van der Waals surface area contributed by atoms with Gasteiger partial charge in [0.25, 0.3) is 0 Å². The number of rotatable bonds is 3. The summed E-state index contributed by atoms with van der Waals surface area (Å²) in [5, 5.41) is 20.1. The highest BCUT2D eigenvalue weighted by molar-refractivity contribution is 5.44. The third-order valence-electron chi connectivity index (χ3n) is 1.98. The van der Waals surface area contributed by atoms with Crippen LogP contribution in [0, 0.1) is 0 Å². The minimum Gasteiger partial charge on any atom is -0.394 e. The summed E-state index contributed by atoms with van der Waals surface area (Å²) >= 11 is 0. The summed E-state index contributed by atoms with van der Waals surface area (Å²) < 4.78 is 0. The Labute approximate surface area is 82.2 Å². The van der Waals surface area contributed by atoms with E-state index in [1.54, 1.807) is 10.0 Å². The highest BCUT2D eigenvalue weighted by Crippen LogP contribution is 2.18. The Balaban J connectivity index is 2.00. The van der Waals surface area contributed by atoms with E-state index in [-0.39, 0.29) is 6.61 Å². The highest BCUT2D eigenvalue weighted by Gasteiger charge is 2.15. The van der Waals surface area contributed by atoms with Gasteiger partial charge in [0.05, 0.1) is 18.8 Å². The fourth-order valence-corrected chi connectivity index (χ4v) is 1.28. The molecule has 5 nitrogen and oxygen atoms in total. The summed E-state index contributed by atoms with van der Waals surface area (Å²) in [4.78, 5) is 0. The summed E-state index contributed by atoms with van der Waals surface area (Å²) in [7, 11) is 0. The summed E-state index contributed by atoms with van der Waals surface area (Å²) in [6.07, 6.45) is 0. The van der Waals surface area contributed by atoms with Crippen LogP contribution in [-0.2, 0) is 0 Å². The molecule has 1 heterocycles. The van der Waals surface area contributed by atoms with Crippen molar-refractivity contribution in [2.24, 2.45) is 10.4 Å². The number of hydrogen-bond acceptors (Lipinski definition) is 5. The third-order valence-corrected chi connectivity index (χ3v) is 1.98. The number of para-hydroxylation sites is 1. The number of hydrogen-bond donors (Lipinski definition) is 1. The molecule has 0 fully saturated rings. The largest absolute Gasteiger partial charge is 0.394 e. The number of aliphatic hydroxyl groups is 1. The molecule has 14 heavy (non-hydrogen) atoms. The zero-order valence-electron chi connectivity index (χ0n) is 7.74. The molecule has 0 saturated heterocycles. The molecule has 0 aliphatic carbocycles. The maximum absolute atomic E-state index is 8.72. The van der Waals surface area contributed by atoms with E-state index in [1.165, 1.54) is 0 Å². The second-order valence-corrected chi connectivity index (χ2v) is 3.01. The maximum Gasteiger partial charge on any atom is 0.132 e. The molecule has 0 unspecified atom stereocenters. The average Bonchev–Trinajstić information content (AvgIpc) is 2.68. The molecule has 0 atom stereocenters. The molecule has 0 saturated carbocycles. The summed E-state index contributed by atoms with van der Waals surface area (Å²) in [6, 6.07) is 9.82. The summed E-state index contributed by atoms with van der Waals surface area (Å²) in [6.45, 7) is 1.22. The van der Waals surface area contributed by atoms with Gasteiger partial charge >= 0.3 is 0 Å². The lowest BCUT2D eigenvalue weighted by atomic mass is 10.3. The first-order chi connectivity index (χ1) is 6.90. The Morgan fingerprint density at radius 2 is 2.00 bits per heavy atom. The zero-order valence-corrected chi connectivity index (χ0v) is 7.74. The molecule has 74 valence electrons. The second-order valence-electron chi connectivity index (χ2n) is 3.01. The fraction of sp³-hybridized carbons (Fsp3) is 0.333. The lowest BCUT2D eigenvalue weighted by molar-refractivity contribution is 0.212. The predicted molar refractivity (Wildman–Crippen MR) is 52.4 cm³/mol. The number of anilines is 1. The Morgan fingerprint density at radius 3 is 2.71 bits per heavy atom. The van der Waals surface area contributed by atoms with E-state index in [2.05, 4.69) is 10.4 Å². The molecule has 0 radical (unpaired) electrons. The normalized spacial score (nSPS) is 15.2. The van der Waals surface area contributed by atoms with Gasteiger partial charge in [-0.15, -0.1) is 0 Å². The SMILES string of the molecule is OCCN1CN(c2ccccc2)N=N1. The van der Waals surface area contributed by atoms with Crippen molar-refractivity contribution in [3.8, 4) is 0 Å². The van der Waals surface area contributed by atoms with E-state index in [0.717, 1.165) is 5.69 Å². The molecule has 2 rings (SSSR count). The topological polar surface area (TPSA) is 51.4 Å². The molecule has 1 aromatic rings. The van der Waals surface area contributed by atoms with Crippen LogP contribution in [-0.4, -0.2) is 29.9 Å². The van der Waals surface area contributed by atoms with Crippen LogP contribution >= 0.6 is 0 Å². The van der Waals surface area contributed by atoms with E-state index >= 15 is 0 Å². The van der Waals surface area contributed by atoms with Crippen molar-refractivity contribution in [3.05, 3.63) is 30.3 Å². The van der Waals surface area contributed by atoms with Gasteiger partial charge in [0, 0.05) is 0 Å². The quantitative estimate of drug-likeness (QED) is 0.778. The minimum absolute atomic E-state index is 0.0989. The lowest BCUT2D eigenvalue weighted by Gasteiger charge is -2.14. The Hall–Kier alpha value is -1.62. The summed E-state index contributed by atoms with van der Waals surface area (Å²) in [5.74, 6) is 0. The standard InChI is InChI=1S/C9H12N4O/c14-7-6-12-8-13(11-10-12)9-4-2-1-3-5-9/h1-5,14H,6-8H2. The van der Waals surface area contributed by atoms with Crippen LogP contribution in [0.25, 0.3) is 0 Å². The van der Waals surface area contributed by atoms with Gasteiger partial charge in [-0.25, -0.2) is 5.01 Å². The van der Waals surface area contributed by atoms with Crippen LogP contribution in [0.15, 0.2) is 40.8 Å². The molecule has 1 aromatic carbocycles. The smallest absolute Gasteiger partial charge is 0.132 e. The highest BCUT2D eigenvalue weighted by atomic mass is 16.3. The van der Waals surface area contributed by atoms with E-state index in [9.17, 15) is 0 Å². The lowest BCUT2D eigenvalue weighted by Crippen LogP contribution is -2.26. The molecule has 0 aromatic heterocycles. The Bertz CT molecular complexity index is 314. The van der Waals surface area contributed by atoms with Crippen LogP contribution in [0.3, 0.4) is 0 Å². The first-order valence-electron chi connectivity index (χ1n) is 4.50. The van der Waals surface area contributed by atoms with Gasteiger partial charge in [0.2, 0.25) is 0 Å². The summed E-state index contributed by atoms with van der Waals surface area (Å²) in [5.41, 5.74) is 1.01. The fourth-order valence-electron chi connectivity index (χ4n) is 1.28. The molecule has 1 aliphatic rings. The van der Waals surface area contributed by atoms with Gasteiger partial charge in [0.15, 0.2) is 0 Å². The van der Waals surface area contributed by atoms with Crippen LogP contribution in [0.4, 0.5) is 5.69 Å². The Morgan fingerprint density at radius 1 is 1.21 bits per heavy atom. The van der Waals surface area contributed by atoms with Crippen molar-refractivity contribution in [1.82, 2.24) is 5.01 Å². The molecule has 1 aliphatic heterocycles. The molecule has 0 bridgehead atoms. The van der Waals surface area contributed by atoms with E-state index in [0.29, 0.717) is 13.2 Å². The van der Waals surface area contributed by atoms with Gasteiger partial charge in [-0.3, -0.25) is 5.01 Å². The van der Waals surface area contributed by atoms with Gasteiger partial charge in [-0.2, -0.15) is 0 Å². The van der Waals surface area contributed by atoms with E-state index < -0.39 is 0 Å².